The fourth-order valence-electron chi connectivity index (χ4n) is 7.20. The Kier molecular flexibility index (Phi) is 12.4. The number of benzene rings is 3. The maximum absolute atomic E-state index is 13.2. The van der Waals surface area contributed by atoms with Crippen molar-refractivity contribution in [3.8, 4) is 0 Å². The van der Waals surface area contributed by atoms with Crippen LogP contribution in [0, 0.1) is 5.92 Å². The number of hydrogen-bond acceptors (Lipinski definition) is 8. The van der Waals surface area contributed by atoms with Gasteiger partial charge in [0.05, 0.1) is 16.7 Å². The standard InChI is InChI=1S/C16H15F2NO3.C15H9ClN2O3.C15H10N2O3/c17-16(18)5-3-9(4-6-16)14(20)12-8-19-13-7-10(15(21)22)1-2-11(12)13;16-13-4-2-9(6-18-13)14(19)11-7-17-12-5-8(15(20)21)1-3-10(11)12;18-14(10-2-1-5-16-7-10)12-8-17-13-6-9(15(19)20)3-4-11(12)13/h1-2,7-9,19H,3-6H2,(H,21,22);1-7,17H,(H,20,21);1-8,17H,(H,19,20). The van der Waals surface area contributed by atoms with E-state index in [0.717, 1.165) is 0 Å². The van der Waals surface area contributed by atoms with Gasteiger partial charge < -0.3 is 30.3 Å². The molecule has 0 unspecified atom stereocenters. The van der Waals surface area contributed by atoms with Crippen molar-refractivity contribution < 1.29 is 52.9 Å². The molecular formula is C46H34ClF2N5O9. The molecule has 1 aliphatic carbocycles. The van der Waals surface area contributed by atoms with Crippen LogP contribution < -0.4 is 0 Å². The van der Waals surface area contributed by atoms with Crippen molar-refractivity contribution in [1.82, 2.24) is 24.9 Å². The van der Waals surface area contributed by atoms with Crippen LogP contribution in [0.15, 0.2) is 116 Å². The van der Waals surface area contributed by atoms with Gasteiger partial charge in [0.1, 0.15) is 5.15 Å². The van der Waals surface area contributed by atoms with Crippen LogP contribution >= 0.6 is 11.6 Å². The Morgan fingerprint density at radius 3 is 1.43 bits per heavy atom. The lowest BCUT2D eigenvalue weighted by Gasteiger charge is -2.27. The van der Waals surface area contributed by atoms with E-state index < -0.39 is 29.7 Å². The first-order valence-corrected chi connectivity index (χ1v) is 19.5. The highest BCUT2D eigenvalue weighted by Gasteiger charge is 2.38. The predicted molar refractivity (Wildman–Crippen MR) is 227 cm³/mol. The molecule has 318 valence electrons. The summed E-state index contributed by atoms with van der Waals surface area (Å²) in [4.78, 5) is 86.7. The van der Waals surface area contributed by atoms with Crippen LogP contribution in [0.5, 0.6) is 0 Å². The maximum Gasteiger partial charge on any atom is 0.335 e. The van der Waals surface area contributed by atoms with Crippen molar-refractivity contribution in [2.24, 2.45) is 5.92 Å². The number of pyridine rings is 2. The fraction of sp³-hybridized carbons (Fsp3) is 0.130. The number of carbonyl (C=O) groups is 6. The van der Waals surface area contributed by atoms with Crippen molar-refractivity contribution in [2.45, 2.75) is 31.6 Å². The van der Waals surface area contributed by atoms with Crippen molar-refractivity contribution >= 4 is 79.6 Å². The van der Waals surface area contributed by atoms with Crippen LogP contribution in [0.4, 0.5) is 8.78 Å². The first-order valence-electron chi connectivity index (χ1n) is 19.2. The minimum Gasteiger partial charge on any atom is -0.478 e. The van der Waals surface area contributed by atoms with E-state index in [1.54, 1.807) is 61.1 Å². The molecule has 6 N–H and O–H groups in total. The molecule has 5 heterocycles. The van der Waals surface area contributed by atoms with Crippen LogP contribution in [-0.2, 0) is 0 Å². The highest BCUT2D eigenvalue weighted by molar-refractivity contribution is 6.29. The number of rotatable bonds is 9. The van der Waals surface area contributed by atoms with E-state index in [1.165, 1.54) is 55.0 Å². The summed E-state index contributed by atoms with van der Waals surface area (Å²) in [5.41, 5.74) is 4.58. The summed E-state index contributed by atoms with van der Waals surface area (Å²) < 4.78 is 26.4. The zero-order valence-corrected chi connectivity index (χ0v) is 33.5. The van der Waals surface area contributed by atoms with Crippen molar-refractivity contribution in [2.75, 3.05) is 0 Å². The van der Waals surface area contributed by atoms with E-state index in [-0.39, 0.29) is 59.7 Å². The van der Waals surface area contributed by atoms with Crippen molar-refractivity contribution in [1.29, 1.82) is 0 Å². The third kappa shape index (κ3) is 9.55. The Balaban J connectivity index is 0.000000142. The molecule has 1 fully saturated rings. The van der Waals surface area contributed by atoms with Gasteiger partial charge in [-0.1, -0.05) is 29.8 Å². The second-order valence-corrected chi connectivity index (χ2v) is 15.0. The summed E-state index contributed by atoms with van der Waals surface area (Å²) in [5, 5.41) is 29.2. The van der Waals surface area contributed by atoms with Gasteiger partial charge >= 0.3 is 17.9 Å². The number of carbonyl (C=O) groups excluding carboxylic acids is 3. The molecule has 0 atom stereocenters. The third-order valence-electron chi connectivity index (χ3n) is 10.5. The number of carboxylic acid groups (broad SMARTS) is 3. The van der Waals surface area contributed by atoms with E-state index in [1.807, 2.05) is 0 Å². The Bertz CT molecular complexity index is 3060. The zero-order chi connectivity index (χ0) is 45.0. The van der Waals surface area contributed by atoms with Gasteiger partial charge in [-0.15, -0.1) is 0 Å². The lowest BCUT2D eigenvalue weighted by Crippen LogP contribution is -2.28. The quantitative estimate of drug-likeness (QED) is 0.0590. The second-order valence-electron chi connectivity index (χ2n) is 14.6. The van der Waals surface area contributed by atoms with Gasteiger partial charge in [0.2, 0.25) is 5.92 Å². The minimum atomic E-state index is -2.66. The van der Waals surface area contributed by atoms with Crippen LogP contribution in [0.3, 0.4) is 0 Å². The lowest BCUT2D eigenvalue weighted by atomic mass is 9.82. The maximum atomic E-state index is 13.2. The van der Waals surface area contributed by atoms with Gasteiger partial charge in [-0.2, -0.15) is 0 Å². The number of nitrogens with one attached hydrogen (secondary N) is 3. The summed E-state index contributed by atoms with van der Waals surface area (Å²) in [6, 6.07) is 20.2. The molecule has 1 aliphatic rings. The number of ketones is 3. The molecule has 5 aromatic heterocycles. The number of halogens is 3. The average Bonchev–Trinajstić information content (AvgIpc) is 4.03. The Labute approximate surface area is 359 Å². The topological polar surface area (TPSA) is 236 Å². The summed E-state index contributed by atoms with van der Waals surface area (Å²) in [6.07, 6.45) is 9.07. The Morgan fingerprint density at radius 1 is 0.587 bits per heavy atom. The molecule has 9 rings (SSSR count). The first-order chi connectivity index (χ1) is 30.1. The number of H-pyrrole nitrogens is 3. The molecule has 0 bridgehead atoms. The highest BCUT2D eigenvalue weighted by Crippen LogP contribution is 2.38. The fourth-order valence-corrected chi connectivity index (χ4v) is 7.31. The van der Waals surface area contributed by atoms with Crippen molar-refractivity contribution in [3.05, 3.63) is 166 Å². The number of hydrogen-bond donors (Lipinski definition) is 6. The van der Waals surface area contributed by atoms with E-state index in [0.29, 0.717) is 65.7 Å². The summed E-state index contributed by atoms with van der Waals surface area (Å²) in [7, 11) is 0. The molecular weight excluding hydrogens is 840 g/mol. The largest absolute Gasteiger partial charge is 0.478 e. The van der Waals surface area contributed by atoms with E-state index in [4.69, 9.17) is 26.9 Å². The van der Waals surface area contributed by atoms with E-state index >= 15 is 0 Å². The molecule has 0 spiro atoms. The van der Waals surface area contributed by atoms with E-state index in [2.05, 4.69) is 24.9 Å². The molecule has 3 aromatic carbocycles. The molecule has 0 aliphatic heterocycles. The van der Waals surface area contributed by atoms with Gasteiger partial charge in [-0.05, 0) is 73.5 Å². The number of aromatic carboxylic acids is 3. The molecule has 1 saturated carbocycles. The van der Waals surface area contributed by atoms with Gasteiger partial charge in [-0.25, -0.2) is 28.1 Å². The third-order valence-corrected chi connectivity index (χ3v) is 10.8. The summed E-state index contributed by atoms with van der Waals surface area (Å²) in [6.45, 7) is 0. The van der Waals surface area contributed by atoms with Gasteiger partial charge in [0.25, 0.3) is 0 Å². The number of nitrogens with zero attached hydrogens (tertiary/aromatic N) is 2. The molecule has 17 heteroatoms. The SMILES string of the molecule is O=C(O)c1ccc2c(C(=O)C3CCC(F)(F)CC3)c[nH]c2c1.O=C(O)c1ccc2c(C(=O)c3ccc(Cl)nc3)c[nH]c2c1.O=C(O)c1ccc2c(C(=O)c3cccnc3)c[nH]c2c1. The van der Waals surface area contributed by atoms with Crippen LogP contribution in [-0.4, -0.2) is 81.4 Å². The molecule has 0 saturated heterocycles. The average molecular weight is 874 g/mol. The smallest absolute Gasteiger partial charge is 0.335 e. The number of alkyl halides is 2. The van der Waals surface area contributed by atoms with Gasteiger partial charge in [0, 0.05) is 116 Å². The number of aromatic nitrogens is 5. The first kappa shape index (κ1) is 43.2. The number of Topliss-reactive ketones (excluding diaryl/α,β-unsaturated/α-hetero) is 1. The van der Waals surface area contributed by atoms with Gasteiger partial charge in [-0.3, -0.25) is 19.4 Å². The number of carboxylic acids is 3. The number of fused-ring (bicyclic) bond motifs is 3. The zero-order valence-electron chi connectivity index (χ0n) is 32.7. The molecule has 0 radical (unpaired) electrons. The lowest BCUT2D eigenvalue weighted by molar-refractivity contribution is -0.0424. The Hall–Kier alpha value is -7.85. The van der Waals surface area contributed by atoms with Crippen LogP contribution in [0.25, 0.3) is 32.7 Å². The monoisotopic (exact) mass is 873 g/mol. The van der Waals surface area contributed by atoms with Gasteiger partial charge in [0.15, 0.2) is 17.3 Å². The minimum absolute atomic E-state index is 0.130. The normalized spacial score (nSPS) is 13.4. The van der Waals surface area contributed by atoms with E-state index in [9.17, 15) is 37.5 Å². The predicted octanol–water partition coefficient (Wildman–Crippen LogP) is 9.51. The van der Waals surface area contributed by atoms with Crippen LogP contribution in [0.2, 0.25) is 5.15 Å². The van der Waals surface area contributed by atoms with Crippen LogP contribution in [0.1, 0.15) is 99.0 Å². The number of aromatic amines is 3. The second kappa shape index (κ2) is 18.0. The molecule has 63 heavy (non-hydrogen) atoms. The highest BCUT2D eigenvalue weighted by atomic mass is 35.5. The molecule has 14 nitrogen and oxygen atoms in total. The molecule has 0 amide bonds. The van der Waals surface area contributed by atoms with Crippen molar-refractivity contribution in [3.63, 3.8) is 0 Å². The molecule has 8 aromatic rings. The summed E-state index contributed by atoms with van der Waals surface area (Å²) in [5.74, 6) is -6.60. The Morgan fingerprint density at radius 2 is 1.02 bits per heavy atom. The summed E-state index contributed by atoms with van der Waals surface area (Å²) >= 11 is 5.70.